The molecule has 0 unspecified atom stereocenters. The Balaban J connectivity index is 1.58. The number of carbonyl (C=O) groups excluding carboxylic acids is 1. The van der Waals surface area contributed by atoms with E-state index in [4.69, 9.17) is 9.47 Å². The van der Waals surface area contributed by atoms with Gasteiger partial charge in [-0.3, -0.25) is 4.79 Å². The molecule has 38 heavy (non-hydrogen) atoms. The minimum absolute atomic E-state index is 0.00936. The van der Waals surface area contributed by atoms with Crippen LogP contribution in [0.2, 0.25) is 0 Å². The van der Waals surface area contributed by atoms with Crippen LogP contribution in [0.3, 0.4) is 0 Å². The number of hydrogen-bond acceptors (Lipinski definition) is 3. The Labute approximate surface area is 230 Å². The summed E-state index contributed by atoms with van der Waals surface area (Å²) < 4.78 is 12.4. The fraction of sp³-hybridized carbons (Fsp3) is 0.514. The number of ether oxygens (including phenoxy) is 2. The van der Waals surface area contributed by atoms with Crippen LogP contribution < -0.4 is 9.47 Å². The molecule has 1 atom stereocenters. The lowest BCUT2D eigenvalue weighted by Crippen LogP contribution is -2.12. The van der Waals surface area contributed by atoms with Crippen molar-refractivity contribution >= 4 is 16.6 Å². The second-order valence-corrected chi connectivity index (χ2v) is 10.7. The standard InChI is InChI=1S/C35H48O3/c1-4-6-8-10-11-12-13-17-26-37-30-24-25-31-29(27-30)20-18-23-33(31)38-34-22-16-15-21-32(34)35(36)28(3)19-14-9-7-5-2/h15-16,18,20-25,27-28H,4-14,17,19,26H2,1-3H3/t28-/m1/s1. The van der Waals surface area contributed by atoms with Crippen molar-refractivity contribution in [1.29, 1.82) is 0 Å². The van der Waals surface area contributed by atoms with Crippen molar-refractivity contribution in [2.24, 2.45) is 5.92 Å². The zero-order valence-electron chi connectivity index (χ0n) is 24.0. The molecule has 0 N–H and O–H groups in total. The van der Waals surface area contributed by atoms with Gasteiger partial charge in [-0.1, -0.05) is 116 Å². The second-order valence-electron chi connectivity index (χ2n) is 10.7. The molecule has 3 rings (SSSR count). The monoisotopic (exact) mass is 516 g/mol. The maximum atomic E-state index is 13.3. The molecule has 0 saturated heterocycles. The fourth-order valence-electron chi connectivity index (χ4n) is 4.99. The van der Waals surface area contributed by atoms with Crippen molar-refractivity contribution in [2.45, 2.75) is 104 Å². The molecule has 0 bridgehead atoms. The first kappa shape index (κ1) is 29.7. The second kappa shape index (κ2) is 16.9. The van der Waals surface area contributed by atoms with E-state index < -0.39 is 0 Å². The summed E-state index contributed by atoms with van der Waals surface area (Å²) in [6.07, 6.45) is 16.0. The van der Waals surface area contributed by atoms with E-state index >= 15 is 0 Å². The van der Waals surface area contributed by atoms with Crippen LogP contribution in [0, 0.1) is 5.92 Å². The quantitative estimate of drug-likeness (QED) is 0.117. The number of Topliss-reactive ketones (excluding diaryl/α,β-unsaturated/α-hetero) is 1. The molecule has 0 spiro atoms. The molecule has 0 fully saturated rings. The number of para-hydroxylation sites is 1. The molecule has 0 heterocycles. The van der Waals surface area contributed by atoms with Gasteiger partial charge in [0.2, 0.25) is 0 Å². The summed E-state index contributed by atoms with van der Waals surface area (Å²) in [5.41, 5.74) is 0.665. The van der Waals surface area contributed by atoms with Crippen molar-refractivity contribution in [3.63, 3.8) is 0 Å². The van der Waals surface area contributed by atoms with Gasteiger partial charge in [0.25, 0.3) is 0 Å². The van der Waals surface area contributed by atoms with Gasteiger partial charge in [-0.15, -0.1) is 0 Å². The van der Waals surface area contributed by atoms with Gasteiger partial charge in [0.15, 0.2) is 5.78 Å². The van der Waals surface area contributed by atoms with Crippen molar-refractivity contribution in [2.75, 3.05) is 6.61 Å². The van der Waals surface area contributed by atoms with E-state index in [9.17, 15) is 4.79 Å². The molecular formula is C35H48O3. The number of carbonyl (C=O) groups is 1. The first-order chi connectivity index (χ1) is 18.6. The van der Waals surface area contributed by atoms with Crippen molar-refractivity contribution in [1.82, 2.24) is 0 Å². The largest absolute Gasteiger partial charge is 0.494 e. The number of ketones is 1. The van der Waals surface area contributed by atoms with Crippen LogP contribution in [0.1, 0.15) is 115 Å². The molecule has 206 valence electrons. The van der Waals surface area contributed by atoms with Crippen molar-refractivity contribution in [3.8, 4) is 17.2 Å². The SMILES string of the molecule is CCCCCCCCCCOc1ccc2c(Oc3ccccc3C(=O)[C@H](C)CCCCCC)cccc2c1. The van der Waals surface area contributed by atoms with Crippen LogP contribution >= 0.6 is 0 Å². The summed E-state index contributed by atoms with van der Waals surface area (Å²) in [7, 11) is 0. The minimum atomic E-state index is -0.00936. The summed E-state index contributed by atoms with van der Waals surface area (Å²) in [4.78, 5) is 13.3. The van der Waals surface area contributed by atoms with Gasteiger partial charge < -0.3 is 9.47 Å². The van der Waals surface area contributed by atoms with Gasteiger partial charge in [0, 0.05) is 11.3 Å². The average molecular weight is 517 g/mol. The minimum Gasteiger partial charge on any atom is -0.494 e. The van der Waals surface area contributed by atoms with Gasteiger partial charge in [0.1, 0.15) is 17.2 Å². The number of unbranched alkanes of at least 4 members (excludes halogenated alkanes) is 10. The highest BCUT2D eigenvalue weighted by Crippen LogP contribution is 2.34. The zero-order valence-corrected chi connectivity index (χ0v) is 24.0. The Bertz CT molecular complexity index is 1100. The summed E-state index contributed by atoms with van der Waals surface area (Å²) in [5.74, 6) is 2.43. The van der Waals surface area contributed by atoms with Crippen molar-refractivity contribution in [3.05, 3.63) is 66.2 Å². The summed E-state index contributed by atoms with van der Waals surface area (Å²) >= 11 is 0. The maximum Gasteiger partial charge on any atom is 0.169 e. The Morgan fingerprint density at radius 3 is 2.13 bits per heavy atom. The molecule has 0 aliphatic carbocycles. The topological polar surface area (TPSA) is 35.5 Å². The molecule has 0 aromatic heterocycles. The van der Waals surface area contributed by atoms with Crippen LogP contribution in [-0.4, -0.2) is 12.4 Å². The van der Waals surface area contributed by atoms with Gasteiger partial charge >= 0.3 is 0 Å². The van der Waals surface area contributed by atoms with Gasteiger partial charge in [-0.2, -0.15) is 0 Å². The fourth-order valence-corrected chi connectivity index (χ4v) is 4.99. The van der Waals surface area contributed by atoms with Crippen LogP contribution in [0.4, 0.5) is 0 Å². The number of hydrogen-bond donors (Lipinski definition) is 0. The molecule has 3 aromatic rings. The third kappa shape index (κ3) is 9.49. The molecule has 0 aliphatic heterocycles. The zero-order chi connectivity index (χ0) is 27.0. The molecule has 0 aliphatic rings. The van der Waals surface area contributed by atoms with Gasteiger partial charge in [0.05, 0.1) is 12.2 Å². The van der Waals surface area contributed by atoms with Crippen LogP contribution in [0.5, 0.6) is 17.2 Å². The van der Waals surface area contributed by atoms with E-state index in [-0.39, 0.29) is 11.7 Å². The highest BCUT2D eigenvalue weighted by Gasteiger charge is 2.19. The average Bonchev–Trinajstić information content (AvgIpc) is 2.94. The molecule has 0 amide bonds. The van der Waals surface area contributed by atoms with Crippen LogP contribution in [0.25, 0.3) is 10.8 Å². The van der Waals surface area contributed by atoms with Crippen molar-refractivity contribution < 1.29 is 14.3 Å². The van der Waals surface area contributed by atoms with Gasteiger partial charge in [-0.25, -0.2) is 0 Å². The molecular weight excluding hydrogens is 468 g/mol. The highest BCUT2D eigenvalue weighted by atomic mass is 16.5. The Kier molecular flexibility index (Phi) is 13.2. The Morgan fingerprint density at radius 2 is 1.37 bits per heavy atom. The summed E-state index contributed by atoms with van der Waals surface area (Å²) in [6, 6.07) is 19.9. The predicted molar refractivity (Wildman–Crippen MR) is 161 cm³/mol. The Hall–Kier alpha value is -2.81. The smallest absolute Gasteiger partial charge is 0.169 e. The van der Waals surface area contributed by atoms with Gasteiger partial charge in [-0.05, 0) is 54.6 Å². The third-order valence-corrected chi connectivity index (χ3v) is 7.39. The van der Waals surface area contributed by atoms with E-state index in [1.165, 1.54) is 64.2 Å². The first-order valence-corrected chi connectivity index (χ1v) is 15.1. The lowest BCUT2D eigenvalue weighted by molar-refractivity contribution is 0.0920. The van der Waals surface area contributed by atoms with E-state index in [2.05, 4.69) is 32.0 Å². The summed E-state index contributed by atoms with van der Waals surface area (Å²) in [5, 5.41) is 2.09. The molecule has 0 radical (unpaired) electrons. The van der Waals surface area contributed by atoms with Crippen LogP contribution in [-0.2, 0) is 0 Å². The molecule has 3 aromatic carbocycles. The Morgan fingerprint density at radius 1 is 0.711 bits per heavy atom. The third-order valence-electron chi connectivity index (χ3n) is 7.39. The van der Waals surface area contributed by atoms with E-state index in [1.54, 1.807) is 0 Å². The normalized spacial score (nSPS) is 12.0. The lowest BCUT2D eigenvalue weighted by atomic mass is 9.93. The number of rotatable bonds is 19. The predicted octanol–water partition coefficient (Wildman–Crippen LogP) is 10.9. The van der Waals surface area contributed by atoms with E-state index in [1.807, 2.05) is 49.4 Å². The van der Waals surface area contributed by atoms with Crippen LogP contribution in [0.15, 0.2) is 60.7 Å². The first-order valence-electron chi connectivity index (χ1n) is 15.1. The molecule has 3 heteroatoms. The van der Waals surface area contributed by atoms with E-state index in [0.717, 1.165) is 48.1 Å². The maximum absolute atomic E-state index is 13.3. The summed E-state index contributed by atoms with van der Waals surface area (Å²) in [6.45, 7) is 7.26. The van der Waals surface area contributed by atoms with E-state index in [0.29, 0.717) is 11.3 Å². The number of benzene rings is 3. The lowest BCUT2D eigenvalue weighted by Gasteiger charge is -2.16. The number of fused-ring (bicyclic) bond motifs is 1. The molecule has 3 nitrogen and oxygen atoms in total. The molecule has 0 saturated carbocycles. The highest BCUT2D eigenvalue weighted by molar-refractivity contribution is 6.00.